The van der Waals surface area contributed by atoms with Gasteiger partial charge in [-0.05, 0) is 22.4 Å². The van der Waals surface area contributed by atoms with Gasteiger partial charge in [0.1, 0.15) is 5.02 Å². The first-order valence-corrected chi connectivity index (χ1v) is 7.12. The molecule has 0 unspecified atom stereocenters. The van der Waals surface area contributed by atoms with Crippen molar-refractivity contribution in [3.05, 3.63) is 42.5 Å². The van der Waals surface area contributed by atoms with Gasteiger partial charge in [0.25, 0.3) is 5.56 Å². The van der Waals surface area contributed by atoms with Gasteiger partial charge in [-0.2, -0.15) is 10.2 Å². The number of halogens is 3. The van der Waals surface area contributed by atoms with E-state index in [1.54, 1.807) is 4.68 Å². The van der Waals surface area contributed by atoms with Crippen molar-refractivity contribution < 1.29 is 0 Å². The molecule has 0 saturated carbocycles. The highest BCUT2D eigenvalue weighted by atomic mass is 79.9. The van der Waals surface area contributed by atoms with Crippen LogP contribution in [-0.2, 0) is 20.0 Å². The zero-order valence-electron chi connectivity index (χ0n) is 10.3. The molecule has 0 saturated heterocycles. The van der Waals surface area contributed by atoms with E-state index in [9.17, 15) is 4.79 Å². The van der Waals surface area contributed by atoms with Crippen LogP contribution in [0.25, 0.3) is 0 Å². The number of hydrogen-bond donors (Lipinski definition) is 0. The summed E-state index contributed by atoms with van der Waals surface area (Å²) >= 11 is 15.1. The molecule has 0 bridgehead atoms. The lowest BCUT2D eigenvalue weighted by atomic mass is 10.3. The van der Waals surface area contributed by atoms with E-state index >= 15 is 0 Å². The summed E-state index contributed by atoms with van der Waals surface area (Å²) in [4.78, 5) is 11.9. The maximum Gasteiger partial charge on any atom is 0.287 e. The van der Waals surface area contributed by atoms with Crippen LogP contribution in [-0.4, -0.2) is 19.6 Å². The van der Waals surface area contributed by atoms with Crippen LogP contribution in [0.1, 0.15) is 18.3 Å². The van der Waals surface area contributed by atoms with Gasteiger partial charge in [0, 0.05) is 7.05 Å². The smallest absolute Gasteiger partial charge is 0.269 e. The molecule has 2 rings (SSSR count). The van der Waals surface area contributed by atoms with Crippen molar-refractivity contribution in [3.8, 4) is 0 Å². The standard InChI is InChI=1S/C11H11BrCl2N4O/c1-3-7-9(12)8(17(2)16-7)5-18-11(19)10(14)6(13)4-15-18/h4H,3,5H2,1-2H3. The first kappa shape index (κ1) is 14.6. The van der Waals surface area contributed by atoms with Crippen molar-refractivity contribution in [1.29, 1.82) is 0 Å². The summed E-state index contributed by atoms with van der Waals surface area (Å²) in [6, 6.07) is 0. The van der Waals surface area contributed by atoms with Crippen molar-refractivity contribution in [2.75, 3.05) is 0 Å². The molecule has 8 heteroatoms. The molecule has 0 aliphatic rings. The molecule has 0 aliphatic carbocycles. The van der Waals surface area contributed by atoms with Crippen LogP contribution >= 0.6 is 39.1 Å². The van der Waals surface area contributed by atoms with Gasteiger partial charge in [0.2, 0.25) is 0 Å². The third-order valence-electron chi connectivity index (χ3n) is 2.74. The molecule has 2 aromatic rings. The third-order valence-corrected chi connectivity index (χ3v) is 4.41. The quantitative estimate of drug-likeness (QED) is 0.840. The van der Waals surface area contributed by atoms with Crippen LogP contribution in [0.4, 0.5) is 0 Å². The Labute approximate surface area is 128 Å². The van der Waals surface area contributed by atoms with Crippen LogP contribution in [0, 0.1) is 0 Å². The lowest BCUT2D eigenvalue weighted by molar-refractivity contribution is 0.589. The predicted octanol–water partition coefficient (Wildman–Crippen LogP) is 2.66. The average Bonchev–Trinajstić information content (AvgIpc) is 2.66. The molecule has 2 aromatic heterocycles. The van der Waals surface area contributed by atoms with Gasteiger partial charge in [-0.1, -0.05) is 30.1 Å². The van der Waals surface area contributed by atoms with Gasteiger partial charge >= 0.3 is 0 Å². The summed E-state index contributed by atoms with van der Waals surface area (Å²) in [6.45, 7) is 2.29. The maximum atomic E-state index is 11.9. The Morgan fingerprint density at radius 1 is 1.42 bits per heavy atom. The predicted molar refractivity (Wildman–Crippen MR) is 77.9 cm³/mol. The van der Waals surface area contributed by atoms with Gasteiger partial charge < -0.3 is 0 Å². The minimum atomic E-state index is -0.416. The number of hydrogen-bond acceptors (Lipinski definition) is 3. The van der Waals surface area contributed by atoms with Crippen molar-refractivity contribution in [1.82, 2.24) is 19.6 Å². The molecule has 0 spiro atoms. The number of rotatable bonds is 3. The molecule has 0 amide bonds. The fourth-order valence-electron chi connectivity index (χ4n) is 1.69. The van der Waals surface area contributed by atoms with Gasteiger partial charge in [0.15, 0.2) is 0 Å². The molecule has 0 aliphatic heterocycles. The highest BCUT2D eigenvalue weighted by Gasteiger charge is 2.15. The van der Waals surface area contributed by atoms with Gasteiger partial charge in [-0.25, -0.2) is 4.68 Å². The molecule has 102 valence electrons. The number of aromatic nitrogens is 4. The first-order chi connectivity index (χ1) is 8.95. The number of nitrogens with zero attached hydrogens (tertiary/aromatic N) is 4. The summed E-state index contributed by atoms with van der Waals surface area (Å²) in [6.07, 6.45) is 2.16. The molecule has 0 fully saturated rings. The van der Waals surface area contributed by atoms with E-state index in [0.717, 1.165) is 22.3 Å². The topological polar surface area (TPSA) is 52.7 Å². The van der Waals surface area contributed by atoms with Crippen molar-refractivity contribution in [2.24, 2.45) is 7.05 Å². The zero-order valence-corrected chi connectivity index (χ0v) is 13.4. The molecule has 0 N–H and O–H groups in total. The van der Waals surface area contributed by atoms with Crippen LogP contribution in [0.5, 0.6) is 0 Å². The van der Waals surface area contributed by atoms with Gasteiger partial charge in [0.05, 0.1) is 33.6 Å². The van der Waals surface area contributed by atoms with E-state index < -0.39 is 5.56 Å². The lowest BCUT2D eigenvalue weighted by Crippen LogP contribution is -2.24. The molecule has 0 atom stereocenters. The fraction of sp³-hybridized carbons (Fsp3) is 0.364. The number of aryl methyl sites for hydroxylation is 2. The van der Waals surface area contributed by atoms with E-state index in [2.05, 4.69) is 26.1 Å². The molecular formula is C11H11BrCl2N4O. The largest absolute Gasteiger partial charge is 0.287 e. The maximum absolute atomic E-state index is 11.9. The van der Waals surface area contributed by atoms with Crippen LogP contribution in [0.2, 0.25) is 10.0 Å². The van der Waals surface area contributed by atoms with Crippen molar-refractivity contribution >= 4 is 39.1 Å². The van der Waals surface area contributed by atoms with E-state index in [1.165, 1.54) is 10.9 Å². The van der Waals surface area contributed by atoms with Gasteiger partial charge in [-0.3, -0.25) is 9.48 Å². The Hall–Kier alpha value is -0.850. The lowest BCUT2D eigenvalue weighted by Gasteiger charge is -2.06. The zero-order chi connectivity index (χ0) is 14.2. The highest BCUT2D eigenvalue weighted by molar-refractivity contribution is 9.10. The molecular weight excluding hydrogens is 355 g/mol. The summed E-state index contributed by atoms with van der Waals surface area (Å²) in [7, 11) is 1.82. The second-order valence-corrected chi connectivity index (χ2v) is 5.53. The average molecular weight is 366 g/mol. The molecule has 19 heavy (non-hydrogen) atoms. The summed E-state index contributed by atoms with van der Waals surface area (Å²) < 4.78 is 3.87. The first-order valence-electron chi connectivity index (χ1n) is 5.57. The minimum Gasteiger partial charge on any atom is -0.269 e. The Morgan fingerprint density at radius 3 is 2.68 bits per heavy atom. The molecule has 0 aromatic carbocycles. The van der Waals surface area contributed by atoms with Crippen molar-refractivity contribution in [3.63, 3.8) is 0 Å². The monoisotopic (exact) mass is 364 g/mol. The molecule has 2 heterocycles. The van der Waals surface area contributed by atoms with E-state index in [0.29, 0.717) is 0 Å². The van der Waals surface area contributed by atoms with Gasteiger partial charge in [-0.15, -0.1) is 0 Å². The van der Waals surface area contributed by atoms with E-state index in [-0.39, 0.29) is 16.6 Å². The molecule has 0 radical (unpaired) electrons. The summed E-state index contributed by atoms with van der Waals surface area (Å²) in [5.41, 5.74) is 1.37. The normalized spacial score (nSPS) is 11.0. The van der Waals surface area contributed by atoms with Crippen LogP contribution < -0.4 is 5.56 Å². The molecule has 5 nitrogen and oxygen atoms in total. The Bertz CT molecular complexity index is 680. The second-order valence-electron chi connectivity index (χ2n) is 3.95. The van der Waals surface area contributed by atoms with Crippen LogP contribution in [0.15, 0.2) is 15.5 Å². The minimum absolute atomic E-state index is 0.0225. The van der Waals surface area contributed by atoms with E-state index in [1.807, 2.05) is 14.0 Å². The Kier molecular flexibility index (Phi) is 4.32. The van der Waals surface area contributed by atoms with Crippen molar-refractivity contribution in [2.45, 2.75) is 19.9 Å². The second kappa shape index (κ2) is 5.64. The third kappa shape index (κ3) is 2.70. The Balaban J connectivity index is 2.45. The Morgan fingerprint density at radius 2 is 2.11 bits per heavy atom. The van der Waals surface area contributed by atoms with Crippen LogP contribution in [0.3, 0.4) is 0 Å². The highest BCUT2D eigenvalue weighted by Crippen LogP contribution is 2.22. The summed E-state index contributed by atoms with van der Waals surface area (Å²) in [5, 5.41) is 8.47. The van der Waals surface area contributed by atoms with E-state index in [4.69, 9.17) is 23.2 Å². The SMILES string of the molecule is CCc1nn(C)c(Cn2ncc(Cl)c(Cl)c2=O)c1Br. The summed E-state index contributed by atoms with van der Waals surface area (Å²) in [5.74, 6) is 0. The fourth-order valence-corrected chi connectivity index (χ4v) is 2.70.